The molecule has 0 atom stereocenters. The smallest absolute Gasteiger partial charge is 0.321 e. The molecule has 0 radical (unpaired) electrons. The highest BCUT2D eigenvalue weighted by Crippen LogP contribution is 2.28. The summed E-state index contributed by atoms with van der Waals surface area (Å²) in [6, 6.07) is 2.28. The molecule has 0 bridgehead atoms. The first-order valence-electron chi connectivity index (χ1n) is 6.14. The summed E-state index contributed by atoms with van der Waals surface area (Å²) in [7, 11) is -4.19. The van der Waals surface area contributed by atoms with Crippen molar-refractivity contribution in [3.05, 3.63) is 22.4 Å². The molecule has 0 amide bonds. The van der Waals surface area contributed by atoms with Gasteiger partial charge in [-0.15, -0.1) is 0 Å². The van der Waals surface area contributed by atoms with Crippen LogP contribution in [0.25, 0.3) is 0 Å². The lowest BCUT2D eigenvalue weighted by Gasteiger charge is -2.20. The van der Waals surface area contributed by atoms with E-state index in [1.807, 2.05) is 0 Å². The van der Waals surface area contributed by atoms with Gasteiger partial charge in [-0.1, -0.05) is 6.92 Å². The van der Waals surface area contributed by atoms with Crippen LogP contribution in [0.2, 0.25) is 0 Å². The number of nitrogens with two attached hydrogens (primary N) is 1. The molecule has 1 aromatic rings. The summed E-state index contributed by atoms with van der Waals surface area (Å²) in [6.45, 7) is 2.79. The predicted octanol–water partition coefficient (Wildman–Crippen LogP) is 1.74. The van der Waals surface area contributed by atoms with Gasteiger partial charge in [0, 0.05) is 12.2 Å². The van der Waals surface area contributed by atoms with E-state index in [-0.39, 0.29) is 23.3 Å². The standard InChI is InChI=1S/C12H16BrFN2O4S/c1-3-16(7-11(17)20-4-2)21(18,19)10-6-8(15)5-9(13)12(10)14/h5-6H,3-4,7,15H2,1-2H3. The minimum atomic E-state index is -4.19. The number of esters is 1. The molecule has 0 spiro atoms. The summed E-state index contributed by atoms with van der Waals surface area (Å²) >= 11 is 2.91. The molecule has 21 heavy (non-hydrogen) atoms. The number of halogens is 2. The number of sulfonamides is 1. The fourth-order valence-corrected chi connectivity index (χ4v) is 3.75. The molecule has 9 heteroatoms. The predicted molar refractivity (Wildman–Crippen MR) is 79.6 cm³/mol. The van der Waals surface area contributed by atoms with Gasteiger partial charge in [-0.05, 0) is 35.0 Å². The van der Waals surface area contributed by atoms with Gasteiger partial charge in [-0.25, -0.2) is 12.8 Å². The Balaban J connectivity index is 3.22. The van der Waals surface area contributed by atoms with E-state index < -0.39 is 33.3 Å². The van der Waals surface area contributed by atoms with Crippen molar-refractivity contribution >= 4 is 37.6 Å². The maximum absolute atomic E-state index is 14.0. The van der Waals surface area contributed by atoms with E-state index in [0.29, 0.717) is 0 Å². The largest absolute Gasteiger partial charge is 0.465 e. The topological polar surface area (TPSA) is 89.7 Å². The van der Waals surface area contributed by atoms with Crippen LogP contribution in [0.1, 0.15) is 13.8 Å². The molecule has 0 heterocycles. The molecular formula is C12H16BrFN2O4S. The Kier molecular flexibility index (Phi) is 6.11. The number of nitrogen functional groups attached to an aromatic ring is 1. The van der Waals surface area contributed by atoms with E-state index in [1.54, 1.807) is 6.92 Å². The molecule has 0 saturated heterocycles. The van der Waals surface area contributed by atoms with Crippen LogP contribution in [-0.4, -0.2) is 38.4 Å². The third kappa shape index (κ3) is 4.14. The second-order valence-corrected chi connectivity index (χ2v) is 6.81. The zero-order valence-electron chi connectivity index (χ0n) is 11.6. The summed E-state index contributed by atoms with van der Waals surface area (Å²) in [5, 5.41) is 0. The number of likely N-dealkylation sites (N-methyl/N-ethyl adjacent to an activating group) is 1. The van der Waals surface area contributed by atoms with Gasteiger partial charge in [-0.2, -0.15) is 4.31 Å². The minimum Gasteiger partial charge on any atom is -0.465 e. The van der Waals surface area contributed by atoms with Crippen LogP contribution in [0.15, 0.2) is 21.5 Å². The third-order valence-electron chi connectivity index (χ3n) is 2.60. The highest BCUT2D eigenvalue weighted by atomic mass is 79.9. The molecule has 0 aromatic heterocycles. The highest BCUT2D eigenvalue weighted by molar-refractivity contribution is 9.10. The van der Waals surface area contributed by atoms with Crippen molar-refractivity contribution in [1.29, 1.82) is 0 Å². The number of carbonyl (C=O) groups is 1. The fourth-order valence-electron chi connectivity index (χ4n) is 1.63. The van der Waals surface area contributed by atoms with Crippen LogP contribution in [0, 0.1) is 5.82 Å². The quantitative estimate of drug-likeness (QED) is 0.597. The first-order valence-corrected chi connectivity index (χ1v) is 8.37. The Morgan fingerprint density at radius 3 is 2.57 bits per heavy atom. The normalized spacial score (nSPS) is 11.7. The number of nitrogens with zero attached hydrogens (tertiary/aromatic N) is 1. The summed E-state index contributed by atoms with van der Waals surface area (Å²) in [4.78, 5) is 10.9. The lowest BCUT2D eigenvalue weighted by atomic mass is 10.3. The fraction of sp³-hybridized carbons (Fsp3) is 0.417. The van der Waals surface area contributed by atoms with Crippen LogP contribution < -0.4 is 5.73 Å². The zero-order valence-corrected chi connectivity index (χ0v) is 14.0. The number of hydrogen-bond acceptors (Lipinski definition) is 5. The van der Waals surface area contributed by atoms with Crippen molar-refractivity contribution in [2.75, 3.05) is 25.4 Å². The van der Waals surface area contributed by atoms with E-state index in [0.717, 1.165) is 10.4 Å². The van der Waals surface area contributed by atoms with Crippen molar-refractivity contribution in [1.82, 2.24) is 4.31 Å². The number of carbonyl (C=O) groups excluding carboxylic acids is 1. The summed E-state index contributed by atoms with van der Waals surface area (Å²) < 4.78 is 44.4. The van der Waals surface area contributed by atoms with Gasteiger partial charge < -0.3 is 10.5 Å². The van der Waals surface area contributed by atoms with Gasteiger partial charge in [0.15, 0.2) is 5.82 Å². The maximum atomic E-state index is 14.0. The van der Waals surface area contributed by atoms with E-state index in [4.69, 9.17) is 10.5 Å². The van der Waals surface area contributed by atoms with Gasteiger partial charge >= 0.3 is 5.97 Å². The average Bonchev–Trinajstić information content (AvgIpc) is 2.40. The summed E-state index contributed by atoms with van der Waals surface area (Å²) in [5.41, 5.74) is 5.64. The molecule has 1 rings (SSSR count). The second-order valence-electron chi connectivity index (χ2n) is 4.05. The Bertz CT molecular complexity index is 636. The van der Waals surface area contributed by atoms with Crippen molar-refractivity contribution < 1.29 is 22.3 Å². The minimum absolute atomic E-state index is 0.00694. The number of anilines is 1. The van der Waals surface area contributed by atoms with Gasteiger partial charge in [0.05, 0.1) is 11.1 Å². The molecule has 0 aliphatic heterocycles. The number of hydrogen-bond donors (Lipinski definition) is 1. The molecule has 0 fully saturated rings. The second kappa shape index (κ2) is 7.19. The van der Waals surface area contributed by atoms with Crippen LogP contribution >= 0.6 is 15.9 Å². The SMILES string of the molecule is CCOC(=O)CN(CC)S(=O)(=O)c1cc(N)cc(Br)c1F. The summed E-state index contributed by atoms with van der Waals surface area (Å²) in [5.74, 6) is -1.65. The first kappa shape index (κ1) is 17.9. The Hall–Kier alpha value is -1.19. The van der Waals surface area contributed by atoms with Crippen LogP contribution in [-0.2, 0) is 19.6 Å². The molecule has 0 aliphatic rings. The number of ether oxygens (including phenoxy) is 1. The van der Waals surface area contributed by atoms with Crippen molar-refractivity contribution in [2.45, 2.75) is 18.7 Å². The average molecular weight is 383 g/mol. The van der Waals surface area contributed by atoms with Crippen LogP contribution in [0.4, 0.5) is 10.1 Å². The molecule has 0 aliphatic carbocycles. The Morgan fingerprint density at radius 2 is 2.05 bits per heavy atom. The lowest BCUT2D eigenvalue weighted by Crippen LogP contribution is -2.36. The third-order valence-corrected chi connectivity index (χ3v) is 5.10. The van der Waals surface area contributed by atoms with Gasteiger partial charge in [0.1, 0.15) is 11.4 Å². The maximum Gasteiger partial charge on any atom is 0.321 e. The van der Waals surface area contributed by atoms with E-state index >= 15 is 0 Å². The lowest BCUT2D eigenvalue weighted by molar-refractivity contribution is -0.143. The van der Waals surface area contributed by atoms with E-state index in [1.165, 1.54) is 13.0 Å². The van der Waals surface area contributed by atoms with Crippen molar-refractivity contribution in [3.8, 4) is 0 Å². The van der Waals surface area contributed by atoms with Crippen molar-refractivity contribution in [3.63, 3.8) is 0 Å². The van der Waals surface area contributed by atoms with Gasteiger partial charge in [0.2, 0.25) is 10.0 Å². The molecule has 1 aromatic carbocycles. The molecule has 2 N–H and O–H groups in total. The van der Waals surface area contributed by atoms with Crippen LogP contribution in [0.3, 0.4) is 0 Å². The Labute approximate surface area is 131 Å². The van der Waals surface area contributed by atoms with Gasteiger partial charge in [0.25, 0.3) is 0 Å². The van der Waals surface area contributed by atoms with E-state index in [2.05, 4.69) is 15.9 Å². The zero-order chi connectivity index (χ0) is 16.2. The van der Waals surface area contributed by atoms with Gasteiger partial charge in [-0.3, -0.25) is 4.79 Å². The number of benzene rings is 1. The summed E-state index contributed by atoms with van der Waals surface area (Å²) in [6.07, 6.45) is 0. The molecule has 6 nitrogen and oxygen atoms in total. The molecule has 0 unspecified atom stereocenters. The molecular weight excluding hydrogens is 367 g/mol. The first-order chi connectivity index (χ1) is 9.73. The highest BCUT2D eigenvalue weighted by Gasteiger charge is 2.29. The number of rotatable bonds is 6. The Morgan fingerprint density at radius 1 is 1.43 bits per heavy atom. The van der Waals surface area contributed by atoms with E-state index in [9.17, 15) is 17.6 Å². The monoisotopic (exact) mass is 382 g/mol. The molecule has 0 saturated carbocycles. The molecule has 118 valence electrons. The van der Waals surface area contributed by atoms with Crippen molar-refractivity contribution in [2.24, 2.45) is 0 Å². The van der Waals surface area contributed by atoms with Crippen LogP contribution in [0.5, 0.6) is 0 Å².